The average Bonchev–Trinajstić information content (AvgIpc) is 2.50. The Kier molecular flexibility index (Phi) is 5.78. The predicted molar refractivity (Wildman–Crippen MR) is 83.9 cm³/mol. The van der Waals surface area contributed by atoms with Gasteiger partial charge in [-0.2, -0.15) is 0 Å². The van der Waals surface area contributed by atoms with Crippen LogP contribution in [-0.2, 0) is 0 Å². The fourth-order valence-corrected chi connectivity index (χ4v) is 2.53. The average molecular weight is 269 g/mol. The Bertz CT molecular complexity index is 444. The van der Waals surface area contributed by atoms with Gasteiger partial charge in [-0.05, 0) is 31.1 Å². The van der Waals surface area contributed by atoms with E-state index in [2.05, 4.69) is 72.6 Å². The molecule has 0 heterocycles. The van der Waals surface area contributed by atoms with Gasteiger partial charge >= 0.3 is 0 Å². The van der Waals surface area contributed by atoms with Crippen LogP contribution in [0.15, 0.2) is 60.7 Å². The number of benzene rings is 2. The standard InChI is InChI=1S/C18H23NO/c1-19(14-15-20)13-12-18(16-8-4-2-5-9-16)17-10-6-3-7-11-17/h2-11,18,20H,12-15H2,1H3. The van der Waals surface area contributed by atoms with Crippen molar-refractivity contribution in [2.45, 2.75) is 12.3 Å². The van der Waals surface area contributed by atoms with Crippen molar-refractivity contribution in [3.05, 3.63) is 71.8 Å². The van der Waals surface area contributed by atoms with E-state index in [0.29, 0.717) is 5.92 Å². The molecule has 0 bridgehead atoms. The van der Waals surface area contributed by atoms with E-state index in [4.69, 9.17) is 5.11 Å². The molecule has 2 aromatic carbocycles. The summed E-state index contributed by atoms with van der Waals surface area (Å²) >= 11 is 0. The largest absolute Gasteiger partial charge is 0.395 e. The molecule has 0 aliphatic heterocycles. The Morgan fingerprint density at radius 1 is 0.850 bits per heavy atom. The smallest absolute Gasteiger partial charge is 0.0558 e. The van der Waals surface area contributed by atoms with Gasteiger partial charge in [0.25, 0.3) is 0 Å². The highest BCUT2D eigenvalue weighted by molar-refractivity contribution is 5.32. The van der Waals surface area contributed by atoms with E-state index in [1.165, 1.54) is 11.1 Å². The van der Waals surface area contributed by atoms with Crippen molar-refractivity contribution in [1.29, 1.82) is 0 Å². The Morgan fingerprint density at radius 2 is 1.35 bits per heavy atom. The second-order valence-electron chi connectivity index (χ2n) is 5.19. The molecule has 106 valence electrons. The summed E-state index contributed by atoms with van der Waals surface area (Å²) in [4.78, 5) is 2.18. The van der Waals surface area contributed by atoms with Gasteiger partial charge in [0.2, 0.25) is 0 Å². The predicted octanol–water partition coefficient (Wildman–Crippen LogP) is 3.13. The molecule has 0 aromatic heterocycles. The van der Waals surface area contributed by atoms with Crippen molar-refractivity contribution in [3.8, 4) is 0 Å². The Balaban J connectivity index is 2.13. The van der Waals surface area contributed by atoms with E-state index in [-0.39, 0.29) is 6.61 Å². The van der Waals surface area contributed by atoms with Gasteiger partial charge in [0, 0.05) is 12.5 Å². The number of hydrogen-bond acceptors (Lipinski definition) is 2. The van der Waals surface area contributed by atoms with E-state index in [0.717, 1.165) is 19.5 Å². The van der Waals surface area contributed by atoms with Crippen LogP contribution in [0.1, 0.15) is 23.5 Å². The van der Waals surface area contributed by atoms with Gasteiger partial charge < -0.3 is 10.0 Å². The maximum atomic E-state index is 8.99. The van der Waals surface area contributed by atoms with Crippen LogP contribution in [0, 0.1) is 0 Å². The molecular weight excluding hydrogens is 246 g/mol. The summed E-state index contributed by atoms with van der Waals surface area (Å²) in [6.07, 6.45) is 1.06. The van der Waals surface area contributed by atoms with Crippen LogP contribution in [0.2, 0.25) is 0 Å². The van der Waals surface area contributed by atoms with Crippen LogP contribution in [-0.4, -0.2) is 36.8 Å². The van der Waals surface area contributed by atoms with Gasteiger partial charge in [0.05, 0.1) is 6.61 Å². The number of nitrogens with zero attached hydrogens (tertiary/aromatic N) is 1. The summed E-state index contributed by atoms with van der Waals surface area (Å²) in [6.45, 7) is 1.93. The van der Waals surface area contributed by atoms with Crippen LogP contribution >= 0.6 is 0 Å². The quantitative estimate of drug-likeness (QED) is 0.834. The van der Waals surface area contributed by atoms with Crippen molar-refractivity contribution < 1.29 is 5.11 Å². The van der Waals surface area contributed by atoms with Gasteiger partial charge in [0.1, 0.15) is 0 Å². The highest BCUT2D eigenvalue weighted by atomic mass is 16.3. The van der Waals surface area contributed by atoms with Gasteiger partial charge in [0.15, 0.2) is 0 Å². The summed E-state index contributed by atoms with van der Waals surface area (Å²) < 4.78 is 0. The Labute approximate surface area is 121 Å². The lowest BCUT2D eigenvalue weighted by molar-refractivity contribution is 0.219. The first-order chi connectivity index (χ1) is 9.81. The SMILES string of the molecule is CN(CCO)CCC(c1ccccc1)c1ccccc1. The van der Waals surface area contributed by atoms with Gasteiger partial charge in [-0.25, -0.2) is 0 Å². The highest BCUT2D eigenvalue weighted by Crippen LogP contribution is 2.27. The van der Waals surface area contributed by atoms with Crippen molar-refractivity contribution in [2.24, 2.45) is 0 Å². The molecule has 0 fully saturated rings. The fraction of sp³-hybridized carbons (Fsp3) is 0.333. The van der Waals surface area contributed by atoms with E-state index in [1.807, 2.05) is 0 Å². The molecule has 20 heavy (non-hydrogen) atoms. The number of aliphatic hydroxyl groups excluding tert-OH is 1. The van der Waals surface area contributed by atoms with Crippen LogP contribution in [0.25, 0.3) is 0 Å². The first-order valence-corrected chi connectivity index (χ1v) is 7.20. The summed E-state index contributed by atoms with van der Waals surface area (Å²) in [7, 11) is 2.06. The molecular formula is C18H23NO. The van der Waals surface area contributed by atoms with Gasteiger partial charge in [-0.3, -0.25) is 0 Å². The molecule has 0 amide bonds. The minimum absolute atomic E-state index is 0.220. The minimum atomic E-state index is 0.220. The van der Waals surface area contributed by atoms with E-state index in [1.54, 1.807) is 0 Å². The topological polar surface area (TPSA) is 23.5 Å². The van der Waals surface area contributed by atoms with Crippen molar-refractivity contribution >= 4 is 0 Å². The third kappa shape index (κ3) is 4.19. The van der Waals surface area contributed by atoms with Crippen LogP contribution in [0.3, 0.4) is 0 Å². The Morgan fingerprint density at radius 3 is 1.80 bits per heavy atom. The number of hydrogen-bond donors (Lipinski definition) is 1. The van der Waals surface area contributed by atoms with E-state index >= 15 is 0 Å². The first kappa shape index (κ1) is 14.8. The van der Waals surface area contributed by atoms with Crippen LogP contribution in [0.5, 0.6) is 0 Å². The number of rotatable bonds is 7. The highest BCUT2D eigenvalue weighted by Gasteiger charge is 2.14. The molecule has 0 spiro atoms. The molecule has 0 aliphatic rings. The zero-order valence-electron chi connectivity index (χ0n) is 12.1. The lowest BCUT2D eigenvalue weighted by Gasteiger charge is -2.22. The molecule has 2 nitrogen and oxygen atoms in total. The molecule has 2 aromatic rings. The molecule has 0 saturated carbocycles. The molecule has 0 radical (unpaired) electrons. The summed E-state index contributed by atoms with van der Waals surface area (Å²) in [5.74, 6) is 0.415. The molecule has 1 N–H and O–H groups in total. The van der Waals surface area contributed by atoms with Crippen molar-refractivity contribution in [3.63, 3.8) is 0 Å². The third-order valence-electron chi connectivity index (χ3n) is 3.69. The first-order valence-electron chi connectivity index (χ1n) is 7.20. The Hall–Kier alpha value is -1.64. The van der Waals surface area contributed by atoms with Crippen molar-refractivity contribution in [2.75, 3.05) is 26.7 Å². The lowest BCUT2D eigenvalue weighted by Crippen LogP contribution is -2.24. The monoisotopic (exact) mass is 269 g/mol. The second-order valence-corrected chi connectivity index (χ2v) is 5.19. The normalized spacial score (nSPS) is 11.2. The minimum Gasteiger partial charge on any atom is -0.395 e. The van der Waals surface area contributed by atoms with Crippen molar-refractivity contribution in [1.82, 2.24) is 4.90 Å². The fourth-order valence-electron chi connectivity index (χ4n) is 2.53. The summed E-state index contributed by atoms with van der Waals surface area (Å²) in [5.41, 5.74) is 2.71. The summed E-state index contributed by atoms with van der Waals surface area (Å²) in [6, 6.07) is 21.3. The maximum absolute atomic E-state index is 8.99. The molecule has 2 heteroatoms. The zero-order valence-corrected chi connectivity index (χ0v) is 12.1. The van der Waals surface area contributed by atoms with Crippen LogP contribution in [0.4, 0.5) is 0 Å². The van der Waals surface area contributed by atoms with E-state index < -0.39 is 0 Å². The zero-order chi connectivity index (χ0) is 14.2. The lowest BCUT2D eigenvalue weighted by atomic mass is 9.88. The molecule has 0 aliphatic carbocycles. The second kappa shape index (κ2) is 7.83. The van der Waals surface area contributed by atoms with Crippen LogP contribution < -0.4 is 0 Å². The third-order valence-corrected chi connectivity index (χ3v) is 3.69. The maximum Gasteiger partial charge on any atom is 0.0558 e. The van der Waals surface area contributed by atoms with Gasteiger partial charge in [-0.1, -0.05) is 60.7 Å². The molecule has 2 rings (SSSR count). The molecule has 0 atom stereocenters. The number of likely N-dealkylation sites (N-methyl/N-ethyl adjacent to an activating group) is 1. The molecule has 0 saturated heterocycles. The summed E-state index contributed by atoms with van der Waals surface area (Å²) in [5, 5.41) is 8.99. The molecule has 0 unspecified atom stereocenters. The van der Waals surface area contributed by atoms with Gasteiger partial charge in [-0.15, -0.1) is 0 Å². The van der Waals surface area contributed by atoms with E-state index in [9.17, 15) is 0 Å². The number of aliphatic hydroxyl groups is 1.